The van der Waals surface area contributed by atoms with Crippen molar-refractivity contribution in [2.75, 3.05) is 20.1 Å². The van der Waals surface area contributed by atoms with Crippen molar-refractivity contribution in [3.63, 3.8) is 0 Å². The van der Waals surface area contributed by atoms with E-state index in [1.165, 1.54) is 18.2 Å². The maximum Gasteiger partial charge on any atom is 0.130 e. The molecule has 1 aromatic carbocycles. The van der Waals surface area contributed by atoms with Crippen LogP contribution in [0.3, 0.4) is 0 Å². The number of hydrogen-bond donors (Lipinski definition) is 1. The van der Waals surface area contributed by atoms with E-state index in [0.29, 0.717) is 6.04 Å². The van der Waals surface area contributed by atoms with Crippen LogP contribution in [0.25, 0.3) is 0 Å². The van der Waals surface area contributed by atoms with E-state index in [4.69, 9.17) is 0 Å². The standard InChI is InChI=1S/C12H16F2N2/c1-16-6-5-9(8-16)15-7-10-11(13)3-2-4-12(10)14/h2-4,9,15H,5-8H2,1H3. The minimum Gasteiger partial charge on any atom is -0.308 e. The Bertz CT molecular complexity index is 348. The van der Waals surface area contributed by atoms with Gasteiger partial charge in [0.15, 0.2) is 0 Å². The SMILES string of the molecule is CN1CCC(NCc2c(F)cccc2F)C1. The highest BCUT2D eigenvalue weighted by Gasteiger charge is 2.19. The van der Waals surface area contributed by atoms with Crippen LogP contribution in [0.15, 0.2) is 18.2 Å². The van der Waals surface area contributed by atoms with Gasteiger partial charge in [-0.15, -0.1) is 0 Å². The zero-order valence-electron chi connectivity index (χ0n) is 9.34. The lowest BCUT2D eigenvalue weighted by atomic mass is 10.1. The Balaban J connectivity index is 1.94. The van der Waals surface area contributed by atoms with Crippen LogP contribution in [-0.4, -0.2) is 31.1 Å². The first-order chi connectivity index (χ1) is 7.66. The predicted octanol–water partition coefficient (Wildman–Crippen LogP) is 1.76. The van der Waals surface area contributed by atoms with Gasteiger partial charge in [-0.25, -0.2) is 8.78 Å². The van der Waals surface area contributed by atoms with E-state index in [0.717, 1.165) is 19.5 Å². The van der Waals surface area contributed by atoms with Crippen molar-refractivity contribution in [3.05, 3.63) is 35.4 Å². The van der Waals surface area contributed by atoms with Gasteiger partial charge in [0, 0.05) is 24.7 Å². The van der Waals surface area contributed by atoms with Gasteiger partial charge in [-0.05, 0) is 32.1 Å². The zero-order valence-corrected chi connectivity index (χ0v) is 9.34. The zero-order chi connectivity index (χ0) is 11.5. The van der Waals surface area contributed by atoms with Crippen molar-refractivity contribution in [1.29, 1.82) is 0 Å². The van der Waals surface area contributed by atoms with Gasteiger partial charge < -0.3 is 10.2 Å². The third kappa shape index (κ3) is 2.57. The molecule has 1 saturated heterocycles. The Morgan fingerprint density at radius 1 is 1.38 bits per heavy atom. The fourth-order valence-corrected chi connectivity index (χ4v) is 2.05. The van der Waals surface area contributed by atoms with E-state index in [1.807, 2.05) is 7.05 Å². The van der Waals surface area contributed by atoms with E-state index in [2.05, 4.69) is 10.2 Å². The molecule has 1 N–H and O–H groups in total. The number of benzene rings is 1. The lowest BCUT2D eigenvalue weighted by molar-refractivity contribution is 0.395. The molecule has 1 unspecified atom stereocenters. The number of rotatable bonds is 3. The Hall–Kier alpha value is -1.00. The topological polar surface area (TPSA) is 15.3 Å². The molecule has 2 rings (SSSR count). The Labute approximate surface area is 94.3 Å². The summed E-state index contributed by atoms with van der Waals surface area (Å²) in [5.41, 5.74) is 0.136. The van der Waals surface area contributed by atoms with Crippen LogP contribution in [0.4, 0.5) is 8.78 Å². The number of nitrogens with zero attached hydrogens (tertiary/aromatic N) is 1. The number of likely N-dealkylation sites (tertiary alicyclic amines) is 1. The minimum atomic E-state index is -0.473. The summed E-state index contributed by atoms with van der Waals surface area (Å²) < 4.78 is 26.6. The predicted molar refractivity (Wildman–Crippen MR) is 59.1 cm³/mol. The van der Waals surface area contributed by atoms with Crippen LogP contribution in [-0.2, 0) is 6.54 Å². The summed E-state index contributed by atoms with van der Waals surface area (Å²) in [6.07, 6.45) is 1.03. The van der Waals surface area contributed by atoms with Crippen molar-refractivity contribution in [2.24, 2.45) is 0 Å². The van der Waals surface area contributed by atoms with Crippen molar-refractivity contribution < 1.29 is 8.78 Å². The highest BCUT2D eigenvalue weighted by molar-refractivity contribution is 5.19. The molecule has 16 heavy (non-hydrogen) atoms. The molecular weight excluding hydrogens is 210 g/mol. The van der Waals surface area contributed by atoms with E-state index < -0.39 is 11.6 Å². The molecule has 2 nitrogen and oxygen atoms in total. The summed E-state index contributed by atoms with van der Waals surface area (Å²) in [5, 5.41) is 3.19. The van der Waals surface area contributed by atoms with Crippen LogP contribution >= 0.6 is 0 Å². The van der Waals surface area contributed by atoms with Gasteiger partial charge in [0.1, 0.15) is 11.6 Å². The van der Waals surface area contributed by atoms with Crippen molar-refractivity contribution in [2.45, 2.75) is 19.0 Å². The van der Waals surface area contributed by atoms with Crippen LogP contribution in [0, 0.1) is 11.6 Å². The largest absolute Gasteiger partial charge is 0.308 e. The van der Waals surface area contributed by atoms with E-state index in [1.54, 1.807) is 0 Å². The van der Waals surface area contributed by atoms with Gasteiger partial charge in [-0.2, -0.15) is 0 Å². The highest BCUT2D eigenvalue weighted by atomic mass is 19.1. The van der Waals surface area contributed by atoms with Gasteiger partial charge in [-0.3, -0.25) is 0 Å². The monoisotopic (exact) mass is 226 g/mol. The Morgan fingerprint density at radius 3 is 2.62 bits per heavy atom. The molecule has 88 valence electrons. The van der Waals surface area contributed by atoms with Crippen LogP contribution in [0.1, 0.15) is 12.0 Å². The molecular formula is C12H16F2N2. The number of likely N-dealkylation sites (N-methyl/N-ethyl adjacent to an activating group) is 1. The molecule has 1 aliphatic heterocycles. The maximum absolute atomic E-state index is 13.3. The summed E-state index contributed by atoms with van der Waals surface area (Å²) in [4.78, 5) is 2.20. The van der Waals surface area contributed by atoms with Gasteiger partial charge in [0.2, 0.25) is 0 Å². The van der Waals surface area contributed by atoms with Gasteiger partial charge in [0.25, 0.3) is 0 Å². The first-order valence-electron chi connectivity index (χ1n) is 5.51. The summed E-state index contributed by atoms with van der Waals surface area (Å²) >= 11 is 0. The normalized spacial score (nSPS) is 21.6. The summed E-state index contributed by atoms with van der Waals surface area (Å²) in [6.45, 7) is 2.24. The molecule has 0 amide bonds. The molecule has 4 heteroatoms. The fourth-order valence-electron chi connectivity index (χ4n) is 2.05. The number of nitrogens with one attached hydrogen (secondary N) is 1. The molecule has 0 radical (unpaired) electrons. The highest BCUT2D eigenvalue weighted by Crippen LogP contribution is 2.13. The Kier molecular flexibility index (Phi) is 3.51. The van der Waals surface area contributed by atoms with E-state index >= 15 is 0 Å². The minimum absolute atomic E-state index is 0.136. The Morgan fingerprint density at radius 2 is 2.06 bits per heavy atom. The van der Waals surface area contributed by atoms with Crippen molar-refractivity contribution in [3.8, 4) is 0 Å². The molecule has 0 aliphatic carbocycles. The summed E-state index contributed by atoms with van der Waals surface area (Å²) in [7, 11) is 2.05. The van der Waals surface area contributed by atoms with E-state index in [-0.39, 0.29) is 12.1 Å². The lowest BCUT2D eigenvalue weighted by Crippen LogP contribution is -2.31. The second-order valence-corrected chi connectivity index (χ2v) is 4.33. The van der Waals surface area contributed by atoms with Gasteiger partial charge in [-0.1, -0.05) is 6.07 Å². The molecule has 1 atom stereocenters. The molecule has 1 aliphatic rings. The summed E-state index contributed by atoms with van der Waals surface area (Å²) in [5.74, 6) is -0.947. The van der Waals surface area contributed by atoms with Crippen LogP contribution in [0.2, 0.25) is 0 Å². The van der Waals surface area contributed by atoms with Crippen molar-refractivity contribution in [1.82, 2.24) is 10.2 Å². The number of hydrogen-bond acceptors (Lipinski definition) is 2. The third-order valence-corrected chi connectivity index (χ3v) is 3.02. The second-order valence-electron chi connectivity index (χ2n) is 4.33. The van der Waals surface area contributed by atoms with Gasteiger partial charge in [0.05, 0.1) is 0 Å². The number of halogens is 2. The smallest absolute Gasteiger partial charge is 0.130 e. The molecule has 0 bridgehead atoms. The first kappa shape index (κ1) is 11.5. The maximum atomic E-state index is 13.3. The quantitative estimate of drug-likeness (QED) is 0.844. The second kappa shape index (κ2) is 4.89. The lowest BCUT2D eigenvalue weighted by Gasteiger charge is -2.13. The average Bonchev–Trinajstić information content (AvgIpc) is 2.63. The molecule has 0 saturated carbocycles. The fraction of sp³-hybridized carbons (Fsp3) is 0.500. The average molecular weight is 226 g/mol. The molecule has 0 aromatic heterocycles. The molecule has 1 aromatic rings. The van der Waals surface area contributed by atoms with Gasteiger partial charge >= 0.3 is 0 Å². The first-order valence-corrected chi connectivity index (χ1v) is 5.51. The molecule has 0 spiro atoms. The van der Waals surface area contributed by atoms with Crippen LogP contribution in [0.5, 0.6) is 0 Å². The molecule has 1 fully saturated rings. The summed E-state index contributed by atoms with van der Waals surface area (Å²) in [6, 6.07) is 4.31. The third-order valence-electron chi connectivity index (χ3n) is 3.02. The van der Waals surface area contributed by atoms with Crippen molar-refractivity contribution >= 4 is 0 Å². The van der Waals surface area contributed by atoms with E-state index in [9.17, 15) is 8.78 Å². The molecule has 1 heterocycles. The van der Waals surface area contributed by atoms with Crippen LogP contribution < -0.4 is 5.32 Å².